The van der Waals surface area contributed by atoms with Crippen molar-refractivity contribution >= 4 is 17.5 Å². The van der Waals surface area contributed by atoms with Crippen LogP contribution in [0, 0.1) is 22.9 Å². The van der Waals surface area contributed by atoms with Gasteiger partial charge in [-0.25, -0.2) is 13.2 Å². The van der Waals surface area contributed by atoms with Crippen molar-refractivity contribution in [1.82, 2.24) is 5.32 Å². The molecule has 6 heteroatoms. The quantitative estimate of drug-likeness (QED) is 0.822. The van der Waals surface area contributed by atoms with E-state index in [1.54, 1.807) is 0 Å². The third-order valence-corrected chi connectivity index (χ3v) is 5.42. The molecule has 1 unspecified atom stereocenters. The van der Waals surface area contributed by atoms with E-state index in [2.05, 4.69) is 5.32 Å². The van der Waals surface area contributed by atoms with Crippen LogP contribution in [0.2, 0.25) is 5.02 Å². The third kappa shape index (κ3) is 3.01. The van der Waals surface area contributed by atoms with Crippen molar-refractivity contribution in [2.75, 3.05) is 6.54 Å². The van der Waals surface area contributed by atoms with Gasteiger partial charge < -0.3 is 5.32 Å². The molecule has 1 aliphatic rings. The van der Waals surface area contributed by atoms with Crippen molar-refractivity contribution in [3.05, 3.63) is 70.0 Å². The molecule has 1 atom stereocenters. The van der Waals surface area contributed by atoms with Crippen LogP contribution in [0.4, 0.5) is 13.2 Å². The summed E-state index contributed by atoms with van der Waals surface area (Å²) in [4.78, 5) is 12.4. The summed E-state index contributed by atoms with van der Waals surface area (Å²) in [5.41, 5.74) is -0.841. The molecular formula is C19H17ClF3NO. The first-order chi connectivity index (χ1) is 11.7. The summed E-state index contributed by atoms with van der Waals surface area (Å²) in [7, 11) is 0. The van der Waals surface area contributed by atoms with Crippen LogP contribution in [0.5, 0.6) is 0 Å². The van der Waals surface area contributed by atoms with Crippen molar-refractivity contribution in [1.29, 1.82) is 0 Å². The molecule has 2 aromatic rings. The van der Waals surface area contributed by atoms with Gasteiger partial charge in [0.1, 0.15) is 17.5 Å². The lowest BCUT2D eigenvalue weighted by Gasteiger charge is -2.22. The maximum absolute atomic E-state index is 14.3. The van der Waals surface area contributed by atoms with E-state index in [9.17, 15) is 18.0 Å². The molecule has 0 spiro atoms. The normalized spacial score (nSPS) is 21.0. The van der Waals surface area contributed by atoms with E-state index in [4.69, 9.17) is 11.6 Å². The first-order valence-electron chi connectivity index (χ1n) is 7.86. The van der Waals surface area contributed by atoms with Gasteiger partial charge in [0.2, 0.25) is 0 Å². The number of rotatable bonds is 4. The number of carbonyl (C=O) groups is 1. The molecule has 1 amide bonds. The lowest BCUT2D eigenvalue weighted by molar-refractivity contribution is 0.0943. The summed E-state index contributed by atoms with van der Waals surface area (Å²) in [6.45, 7) is 3.99. The maximum Gasteiger partial charge on any atom is 0.255 e. The second-order valence-corrected chi connectivity index (χ2v) is 7.45. The predicted octanol–water partition coefficient (Wildman–Crippen LogP) is 4.86. The van der Waals surface area contributed by atoms with Gasteiger partial charge in [-0.15, -0.1) is 0 Å². The molecule has 0 aliphatic heterocycles. The Balaban J connectivity index is 1.86. The SMILES string of the molecule is CC1(C)CC1(CNC(=O)c1c(F)cccc1Cl)c1ccc(F)cc1F. The summed E-state index contributed by atoms with van der Waals surface area (Å²) in [5.74, 6) is -2.68. The van der Waals surface area contributed by atoms with Crippen LogP contribution in [0.25, 0.3) is 0 Å². The highest BCUT2D eigenvalue weighted by molar-refractivity contribution is 6.33. The largest absolute Gasteiger partial charge is 0.351 e. The fourth-order valence-corrected chi connectivity index (χ4v) is 3.73. The molecule has 3 rings (SSSR count). The van der Waals surface area contributed by atoms with E-state index in [-0.39, 0.29) is 22.5 Å². The van der Waals surface area contributed by atoms with Gasteiger partial charge in [0.15, 0.2) is 0 Å². The molecule has 132 valence electrons. The summed E-state index contributed by atoms with van der Waals surface area (Å²) in [6, 6.07) is 7.42. The molecule has 1 saturated carbocycles. The zero-order valence-corrected chi connectivity index (χ0v) is 14.6. The predicted molar refractivity (Wildman–Crippen MR) is 90.2 cm³/mol. The van der Waals surface area contributed by atoms with Crippen LogP contribution >= 0.6 is 11.6 Å². The molecule has 0 heterocycles. The summed E-state index contributed by atoms with van der Waals surface area (Å²) < 4.78 is 41.4. The molecule has 2 aromatic carbocycles. The molecule has 0 radical (unpaired) electrons. The van der Waals surface area contributed by atoms with E-state index in [0.717, 1.165) is 12.1 Å². The van der Waals surface area contributed by atoms with Crippen molar-refractivity contribution in [2.45, 2.75) is 25.7 Å². The number of nitrogens with one attached hydrogen (secondary N) is 1. The summed E-state index contributed by atoms with van der Waals surface area (Å²) in [6.07, 6.45) is 0.619. The van der Waals surface area contributed by atoms with Crippen LogP contribution in [-0.2, 0) is 5.41 Å². The Morgan fingerprint density at radius 3 is 2.40 bits per heavy atom. The van der Waals surface area contributed by atoms with Gasteiger partial charge in [-0.1, -0.05) is 37.6 Å². The van der Waals surface area contributed by atoms with Crippen molar-refractivity contribution in [3.63, 3.8) is 0 Å². The van der Waals surface area contributed by atoms with Gasteiger partial charge in [0, 0.05) is 18.0 Å². The number of hydrogen-bond donors (Lipinski definition) is 1. The van der Waals surface area contributed by atoms with Crippen molar-refractivity contribution in [2.24, 2.45) is 5.41 Å². The van der Waals surface area contributed by atoms with E-state index >= 15 is 0 Å². The summed E-state index contributed by atoms with van der Waals surface area (Å²) in [5, 5.41) is 2.66. The zero-order chi connectivity index (χ0) is 18.4. The number of halogens is 4. The monoisotopic (exact) mass is 367 g/mol. The van der Waals surface area contributed by atoms with Crippen molar-refractivity contribution in [3.8, 4) is 0 Å². The molecule has 25 heavy (non-hydrogen) atoms. The van der Waals surface area contributed by atoms with Crippen molar-refractivity contribution < 1.29 is 18.0 Å². The molecule has 1 aliphatic carbocycles. The Morgan fingerprint density at radius 1 is 1.16 bits per heavy atom. The first-order valence-corrected chi connectivity index (χ1v) is 8.23. The van der Waals surface area contributed by atoms with Crippen LogP contribution in [-0.4, -0.2) is 12.5 Å². The number of hydrogen-bond acceptors (Lipinski definition) is 1. The first kappa shape index (κ1) is 17.8. The Labute approximate surface area is 149 Å². The van der Waals surface area contributed by atoms with Crippen LogP contribution in [0.15, 0.2) is 36.4 Å². The Kier molecular flexibility index (Phi) is 4.31. The van der Waals surface area contributed by atoms with Gasteiger partial charge in [0.25, 0.3) is 5.91 Å². The molecule has 2 nitrogen and oxygen atoms in total. The van der Waals surface area contributed by atoms with Crippen LogP contribution in [0.1, 0.15) is 36.2 Å². The van der Waals surface area contributed by atoms with E-state index in [0.29, 0.717) is 12.0 Å². The topological polar surface area (TPSA) is 29.1 Å². The van der Waals surface area contributed by atoms with Gasteiger partial charge in [-0.2, -0.15) is 0 Å². The number of carbonyl (C=O) groups excluding carboxylic acids is 1. The molecular weight excluding hydrogens is 351 g/mol. The number of benzene rings is 2. The second kappa shape index (κ2) is 6.06. The smallest absolute Gasteiger partial charge is 0.255 e. The second-order valence-electron chi connectivity index (χ2n) is 7.05. The number of amides is 1. The average Bonchev–Trinajstić information content (AvgIpc) is 3.07. The molecule has 0 bridgehead atoms. The fraction of sp³-hybridized carbons (Fsp3) is 0.316. The Bertz CT molecular complexity index is 832. The van der Waals surface area contributed by atoms with E-state index < -0.39 is 28.8 Å². The highest BCUT2D eigenvalue weighted by atomic mass is 35.5. The Hall–Kier alpha value is -2.01. The van der Waals surface area contributed by atoms with Gasteiger partial charge in [-0.05, 0) is 35.6 Å². The molecule has 1 fully saturated rings. The van der Waals surface area contributed by atoms with Gasteiger partial charge in [-0.3, -0.25) is 4.79 Å². The highest BCUT2D eigenvalue weighted by Gasteiger charge is 2.62. The standard InChI is InChI=1S/C19H17ClF3NO/c1-18(2)9-19(18,12-7-6-11(21)8-15(12)23)10-24-17(25)16-13(20)4-3-5-14(16)22/h3-8H,9-10H2,1-2H3,(H,24,25). The van der Waals surface area contributed by atoms with Crippen LogP contribution in [0.3, 0.4) is 0 Å². The fourth-order valence-electron chi connectivity index (χ4n) is 3.48. The average molecular weight is 368 g/mol. The lowest BCUT2D eigenvalue weighted by atomic mass is 9.87. The van der Waals surface area contributed by atoms with E-state index in [1.807, 2.05) is 13.8 Å². The zero-order valence-electron chi connectivity index (χ0n) is 13.8. The molecule has 1 N–H and O–H groups in total. The highest BCUT2D eigenvalue weighted by Crippen LogP contribution is 2.64. The Morgan fingerprint density at radius 2 is 1.84 bits per heavy atom. The maximum atomic E-state index is 14.3. The minimum atomic E-state index is -0.720. The minimum Gasteiger partial charge on any atom is -0.351 e. The lowest BCUT2D eigenvalue weighted by Crippen LogP contribution is -2.36. The third-order valence-electron chi connectivity index (χ3n) is 5.10. The summed E-state index contributed by atoms with van der Waals surface area (Å²) >= 11 is 5.90. The minimum absolute atomic E-state index is 0.00886. The van der Waals surface area contributed by atoms with E-state index in [1.165, 1.54) is 24.3 Å². The van der Waals surface area contributed by atoms with Gasteiger partial charge >= 0.3 is 0 Å². The molecule has 0 saturated heterocycles. The van der Waals surface area contributed by atoms with Crippen LogP contribution < -0.4 is 5.32 Å². The van der Waals surface area contributed by atoms with Gasteiger partial charge in [0.05, 0.1) is 10.6 Å². The molecule has 0 aromatic heterocycles.